The molecule has 0 aliphatic carbocycles. The Labute approximate surface area is 196 Å². The van der Waals surface area contributed by atoms with E-state index in [2.05, 4.69) is 16.9 Å². The normalized spacial score (nSPS) is 16.5. The monoisotopic (exact) mass is 467 g/mol. The number of hydrogen-bond donors (Lipinski definition) is 1. The molecule has 0 saturated carbocycles. The number of benzene rings is 2. The van der Waals surface area contributed by atoms with Crippen LogP contribution in [0.4, 0.5) is 11.4 Å². The van der Waals surface area contributed by atoms with Gasteiger partial charge in [0.05, 0.1) is 30.7 Å². The van der Waals surface area contributed by atoms with Gasteiger partial charge < -0.3 is 14.8 Å². The number of carbonyl (C=O) groups is 3. The molecule has 2 aromatic rings. The van der Waals surface area contributed by atoms with E-state index in [0.717, 1.165) is 5.75 Å². The smallest absolute Gasteiger partial charge is 0.339 e. The SMILES string of the molecule is C=CCN1C(=O)[C@@H](CC(=O)Nc2ccccc2C(=O)OC)SC1=Nc1ccc(OCC)cc1. The van der Waals surface area contributed by atoms with Gasteiger partial charge in [0, 0.05) is 13.0 Å². The number of amides is 2. The van der Waals surface area contributed by atoms with E-state index in [9.17, 15) is 14.4 Å². The molecule has 172 valence electrons. The predicted molar refractivity (Wildman–Crippen MR) is 129 cm³/mol. The number of methoxy groups -OCH3 is 1. The summed E-state index contributed by atoms with van der Waals surface area (Å²) >= 11 is 1.22. The summed E-state index contributed by atoms with van der Waals surface area (Å²) in [6.45, 7) is 6.47. The minimum Gasteiger partial charge on any atom is -0.494 e. The van der Waals surface area contributed by atoms with Crippen molar-refractivity contribution in [1.82, 2.24) is 4.90 Å². The second kappa shape index (κ2) is 11.3. The fourth-order valence-corrected chi connectivity index (χ4v) is 4.33. The molecule has 0 unspecified atom stereocenters. The summed E-state index contributed by atoms with van der Waals surface area (Å²) in [5.74, 6) is -0.431. The van der Waals surface area contributed by atoms with Gasteiger partial charge in [-0.1, -0.05) is 30.0 Å². The molecule has 33 heavy (non-hydrogen) atoms. The lowest BCUT2D eigenvalue weighted by Crippen LogP contribution is -2.33. The van der Waals surface area contributed by atoms with Crippen molar-refractivity contribution in [2.75, 3.05) is 25.6 Å². The number of hydrogen-bond acceptors (Lipinski definition) is 7. The van der Waals surface area contributed by atoms with E-state index < -0.39 is 17.1 Å². The summed E-state index contributed by atoms with van der Waals surface area (Å²) in [7, 11) is 1.27. The van der Waals surface area contributed by atoms with E-state index in [1.165, 1.54) is 23.8 Å². The first-order valence-electron chi connectivity index (χ1n) is 10.3. The zero-order valence-corrected chi connectivity index (χ0v) is 19.3. The Hall–Kier alpha value is -3.59. The molecule has 9 heteroatoms. The van der Waals surface area contributed by atoms with Gasteiger partial charge >= 0.3 is 5.97 Å². The molecule has 2 aromatic carbocycles. The number of thioether (sulfide) groups is 1. The number of para-hydroxylation sites is 1. The van der Waals surface area contributed by atoms with Gasteiger partial charge in [-0.25, -0.2) is 9.79 Å². The topological polar surface area (TPSA) is 97.3 Å². The number of ether oxygens (including phenoxy) is 2. The van der Waals surface area contributed by atoms with Gasteiger partial charge in [-0.15, -0.1) is 6.58 Å². The van der Waals surface area contributed by atoms with Crippen molar-refractivity contribution in [3.8, 4) is 5.75 Å². The van der Waals surface area contributed by atoms with Gasteiger partial charge in [0.15, 0.2) is 5.17 Å². The molecule has 0 bridgehead atoms. The molecule has 2 amide bonds. The number of esters is 1. The van der Waals surface area contributed by atoms with Crippen LogP contribution >= 0.6 is 11.8 Å². The molecular formula is C24H25N3O5S. The Morgan fingerprint density at radius 3 is 2.61 bits per heavy atom. The van der Waals surface area contributed by atoms with Gasteiger partial charge in [0.2, 0.25) is 11.8 Å². The predicted octanol–water partition coefficient (Wildman–Crippen LogP) is 4.02. The molecule has 0 radical (unpaired) electrons. The zero-order valence-electron chi connectivity index (χ0n) is 18.4. The highest BCUT2D eigenvalue weighted by Crippen LogP contribution is 2.32. The van der Waals surface area contributed by atoms with E-state index >= 15 is 0 Å². The summed E-state index contributed by atoms with van der Waals surface area (Å²) in [5.41, 5.74) is 1.24. The van der Waals surface area contributed by atoms with E-state index in [1.807, 2.05) is 19.1 Å². The summed E-state index contributed by atoms with van der Waals surface area (Å²) in [4.78, 5) is 43.7. The second-order valence-electron chi connectivity index (χ2n) is 6.95. The Morgan fingerprint density at radius 2 is 1.94 bits per heavy atom. The van der Waals surface area contributed by atoms with Crippen molar-refractivity contribution in [2.24, 2.45) is 4.99 Å². The van der Waals surface area contributed by atoms with Gasteiger partial charge in [-0.2, -0.15) is 0 Å². The molecule has 1 saturated heterocycles. The average molecular weight is 468 g/mol. The third-order valence-electron chi connectivity index (χ3n) is 4.68. The van der Waals surface area contributed by atoms with E-state index in [4.69, 9.17) is 9.47 Å². The lowest BCUT2D eigenvalue weighted by atomic mass is 10.1. The largest absolute Gasteiger partial charge is 0.494 e. The summed E-state index contributed by atoms with van der Waals surface area (Å²) < 4.78 is 10.2. The van der Waals surface area contributed by atoms with Crippen LogP contribution in [0.2, 0.25) is 0 Å². The number of rotatable bonds is 9. The van der Waals surface area contributed by atoms with Crippen LogP contribution in [0.15, 0.2) is 66.2 Å². The third-order valence-corrected chi connectivity index (χ3v) is 5.86. The fraction of sp³-hybridized carbons (Fsp3) is 0.250. The van der Waals surface area contributed by atoms with Crippen LogP contribution in [0.25, 0.3) is 0 Å². The van der Waals surface area contributed by atoms with Crippen molar-refractivity contribution in [1.29, 1.82) is 0 Å². The van der Waals surface area contributed by atoms with E-state index in [1.54, 1.807) is 42.5 Å². The zero-order chi connectivity index (χ0) is 23.8. The van der Waals surface area contributed by atoms with E-state index in [0.29, 0.717) is 23.1 Å². The quantitative estimate of drug-likeness (QED) is 0.442. The van der Waals surface area contributed by atoms with Crippen LogP contribution in [-0.2, 0) is 14.3 Å². The summed E-state index contributed by atoms with van der Waals surface area (Å²) in [5, 5.41) is 2.56. The Balaban J connectivity index is 1.74. The third kappa shape index (κ3) is 6.01. The van der Waals surface area contributed by atoms with E-state index in [-0.39, 0.29) is 24.4 Å². The van der Waals surface area contributed by atoms with Gasteiger partial charge in [0.1, 0.15) is 11.0 Å². The van der Waals surface area contributed by atoms with Crippen LogP contribution in [0.5, 0.6) is 5.75 Å². The molecule has 0 aromatic heterocycles. The lowest BCUT2D eigenvalue weighted by molar-refractivity contribution is -0.127. The average Bonchev–Trinajstić information content (AvgIpc) is 3.09. The highest BCUT2D eigenvalue weighted by atomic mass is 32.2. The number of nitrogens with zero attached hydrogens (tertiary/aromatic N) is 2. The number of anilines is 1. The highest BCUT2D eigenvalue weighted by molar-refractivity contribution is 8.15. The van der Waals surface area contributed by atoms with Crippen LogP contribution in [0.1, 0.15) is 23.7 Å². The molecule has 1 aliphatic rings. The van der Waals surface area contributed by atoms with Gasteiger partial charge in [0.25, 0.3) is 0 Å². The molecule has 1 fully saturated rings. The molecule has 1 atom stereocenters. The van der Waals surface area contributed by atoms with Gasteiger partial charge in [-0.3, -0.25) is 14.5 Å². The lowest BCUT2D eigenvalue weighted by Gasteiger charge is -2.14. The summed E-state index contributed by atoms with van der Waals surface area (Å²) in [6, 6.07) is 13.8. The van der Waals surface area contributed by atoms with Crippen molar-refractivity contribution in [2.45, 2.75) is 18.6 Å². The number of amidine groups is 1. The minimum absolute atomic E-state index is 0.0745. The molecular weight excluding hydrogens is 442 g/mol. The Bertz CT molecular complexity index is 1070. The van der Waals surface area contributed by atoms with Crippen LogP contribution in [-0.4, -0.2) is 53.4 Å². The number of aliphatic imine (C=N–C) groups is 1. The Morgan fingerprint density at radius 1 is 1.21 bits per heavy atom. The fourth-order valence-electron chi connectivity index (χ4n) is 3.17. The van der Waals surface area contributed by atoms with Gasteiger partial charge in [-0.05, 0) is 43.3 Å². The maximum Gasteiger partial charge on any atom is 0.339 e. The first kappa shape index (κ1) is 24.1. The molecule has 1 heterocycles. The molecule has 0 spiro atoms. The maximum absolute atomic E-state index is 12.9. The van der Waals surface area contributed by atoms with Crippen LogP contribution < -0.4 is 10.1 Å². The van der Waals surface area contributed by atoms with Crippen LogP contribution in [0.3, 0.4) is 0 Å². The maximum atomic E-state index is 12.9. The van der Waals surface area contributed by atoms with Crippen LogP contribution in [0, 0.1) is 0 Å². The summed E-state index contributed by atoms with van der Waals surface area (Å²) in [6.07, 6.45) is 1.54. The van der Waals surface area contributed by atoms with Crippen molar-refractivity contribution in [3.63, 3.8) is 0 Å². The second-order valence-corrected chi connectivity index (χ2v) is 8.12. The number of carbonyl (C=O) groups excluding carboxylic acids is 3. The molecule has 3 rings (SSSR count). The first-order chi connectivity index (χ1) is 16.0. The number of nitrogens with one attached hydrogen (secondary N) is 1. The molecule has 1 N–H and O–H groups in total. The van der Waals surface area contributed by atoms with Crippen molar-refractivity contribution in [3.05, 3.63) is 66.7 Å². The molecule has 8 nitrogen and oxygen atoms in total. The van der Waals surface area contributed by atoms with Crippen molar-refractivity contribution >= 4 is 46.1 Å². The standard InChI is InChI=1S/C24H25N3O5S/c1-4-14-27-22(29)20(33-24(27)25-16-10-12-17(13-11-16)32-5-2)15-21(28)26-19-9-7-6-8-18(19)23(30)31-3/h4,6-13,20H,1,5,14-15H2,2-3H3,(H,26,28)/t20-/m1/s1. The molecule has 1 aliphatic heterocycles. The first-order valence-corrected chi connectivity index (χ1v) is 11.2. The van der Waals surface area contributed by atoms with Crippen molar-refractivity contribution < 1.29 is 23.9 Å². The minimum atomic E-state index is -0.642. The highest BCUT2D eigenvalue weighted by Gasteiger charge is 2.38. The Kier molecular flexibility index (Phi) is 8.26.